The summed E-state index contributed by atoms with van der Waals surface area (Å²) in [6, 6.07) is 6.05. The number of halogens is 1. The van der Waals surface area contributed by atoms with Gasteiger partial charge in [0.2, 0.25) is 0 Å². The molecule has 3 rings (SSSR count). The molecule has 0 aliphatic carbocycles. The second kappa shape index (κ2) is 6.91. The second-order valence-electron chi connectivity index (χ2n) is 6.62. The first-order valence-corrected chi connectivity index (χ1v) is 8.34. The van der Waals surface area contributed by atoms with Crippen LogP contribution in [-0.2, 0) is 13.1 Å². The van der Waals surface area contributed by atoms with Gasteiger partial charge in [-0.1, -0.05) is 6.07 Å². The summed E-state index contributed by atoms with van der Waals surface area (Å²) < 4.78 is 21.0. The topological polar surface area (TPSA) is 50.5 Å². The van der Waals surface area contributed by atoms with Crippen LogP contribution in [0, 0.1) is 5.82 Å². The third-order valence-electron chi connectivity index (χ3n) is 4.44. The van der Waals surface area contributed by atoms with E-state index in [4.69, 9.17) is 4.74 Å². The molecule has 0 bridgehead atoms. The van der Waals surface area contributed by atoms with Crippen molar-refractivity contribution in [1.29, 1.82) is 0 Å². The molecule has 1 fully saturated rings. The lowest BCUT2D eigenvalue weighted by atomic mass is 9.91. The summed E-state index contributed by atoms with van der Waals surface area (Å²) in [5.41, 5.74) is 0.142. The van der Waals surface area contributed by atoms with Crippen LogP contribution in [0.25, 0.3) is 0 Å². The Morgan fingerprint density at radius 1 is 1.46 bits per heavy atom. The number of aliphatic hydroxyl groups is 1. The van der Waals surface area contributed by atoms with E-state index in [1.54, 1.807) is 19.1 Å². The molecule has 1 N–H and O–H groups in total. The van der Waals surface area contributed by atoms with Crippen molar-refractivity contribution in [2.45, 2.75) is 45.1 Å². The van der Waals surface area contributed by atoms with E-state index in [-0.39, 0.29) is 11.9 Å². The van der Waals surface area contributed by atoms with Crippen molar-refractivity contribution in [1.82, 2.24) is 14.7 Å². The van der Waals surface area contributed by atoms with Crippen LogP contribution in [0.1, 0.15) is 25.8 Å². The Morgan fingerprint density at radius 2 is 2.29 bits per heavy atom. The monoisotopic (exact) mass is 333 g/mol. The molecule has 130 valence electrons. The van der Waals surface area contributed by atoms with E-state index in [1.165, 1.54) is 12.1 Å². The lowest BCUT2D eigenvalue weighted by molar-refractivity contribution is -0.0993. The normalized spacial score (nSPS) is 24.9. The van der Waals surface area contributed by atoms with Gasteiger partial charge < -0.3 is 9.84 Å². The predicted octanol–water partition coefficient (Wildman–Crippen LogP) is 2.45. The molecule has 1 aliphatic heterocycles. The molecule has 0 radical (unpaired) electrons. The van der Waals surface area contributed by atoms with Crippen molar-refractivity contribution in [3.63, 3.8) is 0 Å². The van der Waals surface area contributed by atoms with Gasteiger partial charge in [-0.05, 0) is 32.4 Å². The van der Waals surface area contributed by atoms with Gasteiger partial charge in [0.25, 0.3) is 0 Å². The number of β-amino-alcohol motifs (C(OH)–C–C–N with tert-alkyl or cyclic N) is 1. The molecule has 1 aliphatic rings. The number of piperidine rings is 1. The summed E-state index contributed by atoms with van der Waals surface area (Å²) in [5, 5.41) is 15.1. The van der Waals surface area contributed by atoms with E-state index in [0.29, 0.717) is 18.7 Å². The maximum absolute atomic E-state index is 13.3. The molecule has 0 amide bonds. The first-order valence-electron chi connectivity index (χ1n) is 8.34. The van der Waals surface area contributed by atoms with Gasteiger partial charge in [-0.3, -0.25) is 9.58 Å². The first-order chi connectivity index (χ1) is 11.5. The Bertz CT molecular complexity index is 686. The molecule has 0 spiro atoms. The van der Waals surface area contributed by atoms with Gasteiger partial charge in [-0.2, -0.15) is 5.10 Å². The van der Waals surface area contributed by atoms with Gasteiger partial charge in [-0.25, -0.2) is 4.39 Å². The molecule has 2 heterocycles. The van der Waals surface area contributed by atoms with Gasteiger partial charge in [0.15, 0.2) is 0 Å². The van der Waals surface area contributed by atoms with Crippen molar-refractivity contribution in [3.05, 3.63) is 48.0 Å². The van der Waals surface area contributed by atoms with Gasteiger partial charge in [-0.15, -0.1) is 0 Å². The Labute approximate surface area is 141 Å². The molecule has 1 saturated heterocycles. The lowest BCUT2D eigenvalue weighted by Gasteiger charge is -2.42. The molecular weight excluding hydrogens is 309 g/mol. The minimum Gasteiger partial charge on any atom is -0.487 e. The SMILES string of the molecule is CCn1cc(CN2CC[C@H](Oc3cccc(F)c3)[C@@](C)(O)C2)cn1. The van der Waals surface area contributed by atoms with Gasteiger partial charge in [0.1, 0.15) is 23.3 Å². The third kappa shape index (κ3) is 3.94. The van der Waals surface area contributed by atoms with Crippen LogP contribution in [-0.4, -0.2) is 44.6 Å². The van der Waals surface area contributed by atoms with Gasteiger partial charge >= 0.3 is 0 Å². The minimum atomic E-state index is -0.995. The zero-order valence-electron chi connectivity index (χ0n) is 14.2. The first kappa shape index (κ1) is 16.9. The van der Waals surface area contributed by atoms with Gasteiger partial charge in [0, 0.05) is 44.0 Å². The standard InChI is InChI=1S/C18H24FN3O2/c1-3-22-12-14(10-20-22)11-21-8-7-17(18(2,23)13-21)24-16-6-4-5-15(19)9-16/h4-6,9-10,12,17,23H,3,7-8,11,13H2,1-2H3/t17-,18-/m0/s1. The molecule has 0 saturated carbocycles. The van der Waals surface area contributed by atoms with Crippen LogP contribution in [0.5, 0.6) is 5.75 Å². The van der Waals surface area contributed by atoms with E-state index in [0.717, 1.165) is 25.2 Å². The average molecular weight is 333 g/mol. The Balaban J connectivity index is 1.61. The van der Waals surface area contributed by atoms with E-state index in [1.807, 2.05) is 17.1 Å². The van der Waals surface area contributed by atoms with Crippen LogP contribution in [0.15, 0.2) is 36.7 Å². The maximum Gasteiger partial charge on any atom is 0.129 e. The number of aromatic nitrogens is 2. The average Bonchev–Trinajstić information content (AvgIpc) is 2.97. The number of nitrogens with zero attached hydrogens (tertiary/aromatic N) is 3. The molecule has 1 aromatic carbocycles. The Hall–Kier alpha value is -1.92. The highest BCUT2D eigenvalue weighted by molar-refractivity contribution is 5.23. The fourth-order valence-corrected chi connectivity index (χ4v) is 3.19. The van der Waals surface area contributed by atoms with Crippen molar-refractivity contribution in [3.8, 4) is 5.75 Å². The molecule has 2 atom stereocenters. The summed E-state index contributed by atoms with van der Waals surface area (Å²) in [6.07, 6.45) is 4.23. The van der Waals surface area contributed by atoms with Crippen molar-refractivity contribution < 1.29 is 14.2 Å². The molecule has 2 aromatic rings. The highest BCUT2D eigenvalue weighted by Gasteiger charge is 2.39. The summed E-state index contributed by atoms with van der Waals surface area (Å²) in [5.74, 6) is 0.121. The lowest BCUT2D eigenvalue weighted by Crippen LogP contribution is -2.56. The smallest absolute Gasteiger partial charge is 0.129 e. The van der Waals surface area contributed by atoms with Crippen molar-refractivity contribution in [2.75, 3.05) is 13.1 Å². The van der Waals surface area contributed by atoms with Crippen molar-refractivity contribution >= 4 is 0 Å². The van der Waals surface area contributed by atoms with Gasteiger partial charge in [0.05, 0.1) is 6.20 Å². The quantitative estimate of drug-likeness (QED) is 0.913. The van der Waals surface area contributed by atoms with Crippen molar-refractivity contribution in [2.24, 2.45) is 0 Å². The van der Waals surface area contributed by atoms with Crippen LogP contribution >= 0.6 is 0 Å². The summed E-state index contributed by atoms with van der Waals surface area (Å²) in [7, 11) is 0. The molecule has 24 heavy (non-hydrogen) atoms. The number of rotatable bonds is 5. The summed E-state index contributed by atoms with van der Waals surface area (Å²) in [4.78, 5) is 2.20. The number of benzene rings is 1. The fraction of sp³-hybridized carbons (Fsp3) is 0.500. The zero-order valence-corrected chi connectivity index (χ0v) is 14.2. The molecule has 1 aromatic heterocycles. The summed E-state index contributed by atoms with van der Waals surface area (Å²) >= 11 is 0. The number of hydrogen-bond donors (Lipinski definition) is 1. The zero-order chi connectivity index (χ0) is 17.2. The molecule has 6 heteroatoms. The fourth-order valence-electron chi connectivity index (χ4n) is 3.19. The van der Waals surface area contributed by atoms with Crippen LogP contribution in [0.3, 0.4) is 0 Å². The van der Waals surface area contributed by atoms with Crippen LogP contribution in [0.2, 0.25) is 0 Å². The van der Waals surface area contributed by atoms with E-state index in [9.17, 15) is 9.50 Å². The minimum absolute atomic E-state index is 0.336. The van der Waals surface area contributed by atoms with E-state index >= 15 is 0 Å². The molecule has 5 nitrogen and oxygen atoms in total. The highest BCUT2D eigenvalue weighted by atomic mass is 19.1. The largest absolute Gasteiger partial charge is 0.487 e. The summed E-state index contributed by atoms with van der Waals surface area (Å²) in [6.45, 7) is 6.75. The van der Waals surface area contributed by atoms with Crippen LogP contribution in [0.4, 0.5) is 4.39 Å². The highest BCUT2D eigenvalue weighted by Crippen LogP contribution is 2.27. The number of likely N-dealkylation sites (tertiary alicyclic amines) is 1. The Morgan fingerprint density at radius 3 is 2.96 bits per heavy atom. The molecule has 0 unspecified atom stereocenters. The third-order valence-corrected chi connectivity index (χ3v) is 4.44. The predicted molar refractivity (Wildman–Crippen MR) is 89.2 cm³/mol. The Kier molecular flexibility index (Phi) is 4.87. The number of hydrogen-bond acceptors (Lipinski definition) is 4. The van der Waals surface area contributed by atoms with Crippen LogP contribution < -0.4 is 4.74 Å². The second-order valence-corrected chi connectivity index (χ2v) is 6.62. The number of aryl methyl sites for hydroxylation is 1. The maximum atomic E-state index is 13.3. The van der Waals surface area contributed by atoms with E-state index < -0.39 is 5.60 Å². The molecular formula is C18H24FN3O2. The van der Waals surface area contributed by atoms with E-state index in [2.05, 4.69) is 16.9 Å². The number of ether oxygens (including phenoxy) is 1.